The van der Waals surface area contributed by atoms with Gasteiger partial charge < -0.3 is 5.73 Å². The molecule has 0 radical (unpaired) electrons. The molecule has 0 saturated carbocycles. The molecule has 0 unspecified atom stereocenters. The van der Waals surface area contributed by atoms with Gasteiger partial charge in [0.1, 0.15) is 4.83 Å². The van der Waals surface area contributed by atoms with Crippen molar-refractivity contribution in [2.24, 2.45) is 5.73 Å². The number of fused-ring (bicyclic) bond motifs is 3. The first kappa shape index (κ1) is 7.49. The van der Waals surface area contributed by atoms with Crippen LogP contribution in [0.1, 0.15) is 4.88 Å². The largest absolute Gasteiger partial charge is 0.326 e. The minimum absolute atomic E-state index is 0.604. The van der Waals surface area contributed by atoms with E-state index in [2.05, 4.69) is 15.5 Å². The summed E-state index contributed by atoms with van der Waals surface area (Å²) in [5, 5.41) is 2.04. The van der Waals surface area contributed by atoms with Crippen molar-refractivity contribution in [2.45, 2.75) is 6.54 Å². The Bertz CT molecular complexity index is 560. The Morgan fingerprint density at radius 1 is 1.54 bits per heavy atom. The minimum Gasteiger partial charge on any atom is -0.326 e. The van der Waals surface area contributed by atoms with Crippen LogP contribution in [-0.4, -0.2) is 9.38 Å². The van der Waals surface area contributed by atoms with Gasteiger partial charge in [-0.2, -0.15) is 0 Å². The van der Waals surface area contributed by atoms with Crippen LogP contribution < -0.4 is 5.73 Å². The average molecular weight is 209 g/mol. The number of thiophene rings is 1. The molecule has 3 rings (SSSR count). The minimum atomic E-state index is 0.604. The Kier molecular flexibility index (Phi) is 1.46. The van der Waals surface area contributed by atoms with Crippen LogP contribution in [0.3, 0.4) is 0 Å². The molecule has 3 heterocycles. The van der Waals surface area contributed by atoms with Crippen molar-refractivity contribution in [3.8, 4) is 0 Å². The molecular formula is C8H7N3S2. The predicted molar refractivity (Wildman–Crippen MR) is 56.3 cm³/mol. The highest BCUT2D eigenvalue weighted by molar-refractivity contribution is 7.19. The smallest absolute Gasteiger partial charge is 0.195 e. The monoisotopic (exact) mass is 209 g/mol. The standard InChI is InChI=1S/C8H7N3S2/c9-4-5-3-6-7(13-5)10-8-11(6)1-2-12-8/h1-3H,4,9H2. The van der Waals surface area contributed by atoms with Gasteiger partial charge in [-0.1, -0.05) is 0 Å². The molecule has 66 valence electrons. The Balaban J connectivity index is 2.46. The van der Waals surface area contributed by atoms with Crippen LogP contribution >= 0.6 is 22.7 Å². The summed E-state index contributed by atoms with van der Waals surface area (Å²) in [4.78, 5) is 7.83. The van der Waals surface area contributed by atoms with Crippen molar-refractivity contribution < 1.29 is 0 Å². The molecule has 0 atom stereocenters. The van der Waals surface area contributed by atoms with Crippen molar-refractivity contribution in [3.63, 3.8) is 0 Å². The SMILES string of the molecule is NCc1cc2c(nc3sccn32)s1. The second-order valence-electron chi connectivity index (χ2n) is 2.77. The van der Waals surface area contributed by atoms with E-state index in [0.29, 0.717) is 6.54 Å². The number of thiazole rings is 1. The first-order chi connectivity index (χ1) is 6.38. The molecule has 0 saturated heterocycles. The van der Waals surface area contributed by atoms with E-state index in [4.69, 9.17) is 5.73 Å². The molecule has 3 aromatic heterocycles. The molecule has 2 N–H and O–H groups in total. The van der Waals surface area contributed by atoms with Gasteiger partial charge in [0.2, 0.25) is 0 Å². The molecule has 0 amide bonds. The second kappa shape index (κ2) is 2.54. The molecule has 3 nitrogen and oxygen atoms in total. The lowest BCUT2D eigenvalue weighted by Crippen LogP contribution is -1.91. The summed E-state index contributed by atoms with van der Waals surface area (Å²) in [6, 6.07) is 2.12. The summed E-state index contributed by atoms with van der Waals surface area (Å²) in [5.74, 6) is 0. The fourth-order valence-corrected chi connectivity index (χ4v) is 3.07. The molecule has 5 heteroatoms. The highest BCUT2D eigenvalue weighted by Gasteiger charge is 2.08. The van der Waals surface area contributed by atoms with E-state index in [1.54, 1.807) is 22.7 Å². The van der Waals surface area contributed by atoms with E-state index in [-0.39, 0.29) is 0 Å². The molecule has 0 bridgehead atoms. The molecule has 0 aliphatic carbocycles. The van der Waals surface area contributed by atoms with E-state index in [0.717, 1.165) is 9.79 Å². The maximum Gasteiger partial charge on any atom is 0.195 e. The number of rotatable bonds is 1. The summed E-state index contributed by atoms with van der Waals surface area (Å²) >= 11 is 3.34. The maximum absolute atomic E-state index is 5.57. The zero-order valence-electron chi connectivity index (χ0n) is 6.73. The highest BCUT2D eigenvalue weighted by atomic mass is 32.1. The first-order valence-electron chi connectivity index (χ1n) is 3.92. The molecule has 0 aliphatic heterocycles. The molecule has 0 aliphatic rings. The summed E-state index contributed by atoms with van der Waals surface area (Å²) < 4.78 is 2.11. The van der Waals surface area contributed by atoms with Crippen LogP contribution in [0.2, 0.25) is 0 Å². The number of nitrogens with zero attached hydrogens (tertiary/aromatic N) is 2. The Morgan fingerprint density at radius 2 is 2.46 bits per heavy atom. The van der Waals surface area contributed by atoms with Crippen molar-refractivity contribution in [2.75, 3.05) is 0 Å². The summed E-state index contributed by atoms with van der Waals surface area (Å²) in [5.41, 5.74) is 6.75. The molecule has 3 aromatic rings. The third-order valence-corrected chi connectivity index (χ3v) is 3.79. The van der Waals surface area contributed by atoms with Crippen molar-refractivity contribution in [3.05, 3.63) is 22.5 Å². The van der Waals surface area contributed by atoms with E-state index in [9.17, 15) is 0 Å². The number of imidazole rings is 1. The van der Waals surface area contributed by atoms with Gasteiger partial charge in [-0.25, -0.2) is 4.98 Å². The van der Waals surface area contributed by atoms with Crippen molar-refractivity contribution in [1.82, 2.24) is 9.38 Å². The van der Waals surface area contributed by atoms with Gasteiger partial charge in [0.15, 0.2) is 4.96 Å². The normalized spacial score (nSPS) is 11.8. The lowest BCUT2D eigenvalue weighted by Gasteiger charge is -1.83. The van der Waals surface area contributed by atoms with Crippen LogP contribution in [0.15, 0.2) is 17.6 Å². The third-order valence-electron chi connectivity index (χ3n) is 1.99. The Hall–Kier alpha value is -0.910. The molecule has 0 aromatic carbocycles. The third kappa shape index (κ3) is 0.948. The molecule has 0 fully saturated rings. The Labute approximate surface area is 82.4 Å². The van der Waals surface area contributed by atoms with Gasteiger partial charge >= 0.3 is 0 Å². The van der Waals surface area contributed by atoms with E-state index < -0.39 is 0 Å². The quantitative estimate of drug-likeness (QED) is 0.666. The average Bonchev–Trinajstić information content (AvgIpc) is 2.72. The zero-order valence-corrected chi connectivity index (χ0v) is 8.36. The fourth-order valence-electron chi connectivity index (χ4n) is 1.40. The first-order valence-corrected chi connectivity index (χ1v) is 5.62. The summed E-state index contributed by atoms with van der Waals surface area (Å²) in [7, 11) is 0. The van der Waals surface area contributed by atoms with E-state index >= 15 is 0 Å². The van der Waals surface area contributed by atoms with Gasteiger partial charge in [0.25, 0.3) is 0 Å². The Morgan fingerprint density at radius 3 is 3.31 bits per heavy atom. The predicted octanol–water partition coefficient (Wildman–Crippen LogP) is 2.07. The molecule has 0 spiro atoms. The number of aromatic nitrogens is 2. The maximum atomic E-state index is 5.57. The topological polar surface area (TPSA) is 43.3 Å². The molecular weight excluding hydrogens is 202 g/mol. The lowest BCUT2D eigenvalue weighted by atomic mass is 10.4. The van der Waals surface area contributed by atoms with Gasteiger partial charge in [-0.15, -0.1) is 22.7 Å². The lowest BCUT2D eigenvalue weighted by molar-refractivity contribution is 1.11. The van der Waals surface area contributed by atoms with Crippen molar-refractivity contribution >= 4 is 38.0 Å². The highest BCUT2D eigenvalue weighted by Crippen LogP contribution is 2.27. The van der Waals surface area contributed by atoms with Gasteiger partial charge in [0, 0.05) is 23.0 Å². The van der Waals surface area contributed by atoms with Crippen LogP contribution in [0.5, 0.6) is 0 Å². The van der Waals surface area contributed by atoms with Crippen molar-refractivity contribution in [1.29, 1.82) is 0 Å². The van der Waals surface area contributed by atoms with E-state index in [1.165, 1.54) is 10.4 Å². The number of nitrogens with two attached hydrogens (primary N) is 1. The van der Waals surface area contributed by atoms with E-state index in [1.807, 2.05) is 11.6 Å². The van der Waals surface area contributed by atoms with Crippen LogP contribution in [-0.2, 0) is 6.54 Å². The van der Waals surface area contributed by atoms with Gasteiger partial charge in [0.05, 0.1) is 5.52 Å². The zero-order chi connectivity index (χ0) is 8.84. The number of hydrogen-bond acceptors (Lipinski definition) is 4. The number of hydrogen-bond donors (Lipinski definition) is 1. The molecule has 13 heavy (non-hydrogen) atoms. The van der Waals surface area contributed by atoms with Crippen LogP contribution in [0, 0.1) is 0 Å². The van der Waals surface area contributed by atoms with Crippen LogP contribution in [0.25, 0.3) is 15.3 Å². The van der Waals surface area contributed by atoms with Gasteiger partial charge in [-0.3, -0.25) is 4.40 Å². The van der Waals surface area contributed by atoms with Crippen LogP contribution in [0.4, 0.5) is 0 Å². The fraction of sp³-hybridized carbons (Fsp3) is 0.125. The second-order valence-corrected chi connectivity index (χ2v) is 4.76. The summed E-state index contributed by atoms with van der Waals surface area (Å²) in [6.45, 7) is 0.604. The van der Waals surface area contributed by atoms with Gasteiger partial charge in [-0.05, 0) is 6.07 Å². The summed E-state index contributed by atoms with van der Waals surface area (Å²) in [6.07, 6.45) is 2.04.